The highest BCUT2D eigenvalue weighted by atomic mass is 19.1. The number of nitrogens with zero attached hydrogens (tertiary/aromatic N) is 2. The van der Waals surface area contributed by atoms with Gasteiger partial charge in [0, 0.05) is 60.6 Å². The third-order valence-corrected chi connectivity index (χ3v) is 16.7. The van der Waals surface area contributed by atoms with Crippen molar-refractivity contribution in [3.05, 3.63) is 265 Å². The second kappa shape index (κ2) is 17.2. The molecule has 11 aromatic carbocycles. The summed E-state index contributed by atoms with van der Waals surface area (Å²) >= 11 is 0. The van der Waals surface area contributed by atoms with Crippen LogP contribution < -0.4 is 10.2 Å². The molecular formula is C72H52FN3O2. The molecule has 0 saturated heterocycles. The van der Waals surface area contributed by atoms with E-state index < -0.39 is 0 Å². The van der Waals surface area contributed by atoms with Crippen molar-refractivity contribution in [1.29, 1.82) is 0 Å². The number of halogens is 1. The fourth-order valence-corrected chi connectivity index (χ4v) is 13.1. The van der Waals surface area contributed by atoms with Crippen molar-refractivity contribution < 1.29 is 13.2 Å². The summed E-state index contributed by atoms with van der Waals surface area (Å²) in [6.45, 7) is 9.27. The van der Waals surface area contributed by atoms with E-state index in [1.165, 1.54) is 56.6 Å². The largest absolute Gasteiger partial charge is 0.456 e. The third kappa shape index (κ3) is 6.79. The topological polar surface area (TPSA) is 46.5 Å². The maximum atomic E-state index is 14.0. The summed E-state index contributed by atoms with van der Waals surface area (Å²) in [5.74, 6) is -0.247. The zero-order valence-corrected chi connectivity index (χ0v) is 43.6. The lowest BCUT2D eigenvalue weighted by Gasteiger charge is -2.29. The summed E-state index contributed by atoms with van der Waals surface area (Å²) in [7, 11) is 0. The van der Waals surface area contributed by atoms with Gasteiger partial charge in [-0.15, -0.1) is 0 Å². The van der Waals surface area contributed by atoms with Gasteiger partial charge in [-0.2, -0.15) is 0 Å². The zero-order chi connectivity index (χ0) is 52.4. The molecule has 0 saturated carbocycles. The van der Waals surface area contributed by atoms with Crippen LogP contribution in [-0.2, 0) is 10.8 Å². The number of para-hydroxylation sites is 3. The fourth-order valence-electron chi connectivity index (χ4n) is 13.1. The quantitative estimate of drug-likeness (QED) is 0.180. The average molecular weight is 1010 g/mol. The van der Waals surface area contributed by atoms with Crippen molar-refractivity contribution in [2.45, 2.75) is 38.5 Å². The highest BCUT2D eigenvalue weighted by Gasteiger charge is 2.39. The van der Waals surface area contributed by atoms with Crippen LogP contribution in [0.3, 0.4) is 0 Å². The van der Waals surface area contributed by atoms with Gasteiger partial charge >= 0.3 is 0 Å². The molecule has 3 heterocycles. The molecule has 0 amide bonds. The van der Waals surface area contributed by atoms with Gasteiger partial charge in [-0.05, 0) is 130 Å². The summed E-state index contributed by atoms with van der Waals surface area (Å²) in [6, 6.07) is 81.9. The number of nitrogens with one attached hydrogen (secondary N) is 1. The monoisotopic (exact) mass is 1010 g/mol. The molecule has 0 fully saturated rings. The van der Waals surface area contributed by atoms with E-state index in [9.17, 15) is 4.39 Å². The van der Waals surface area contributed by atoms with Crippen LogP contribution >= 0.6 is 0 Å². The normalized spacial score (nSPS) is 13.7. The highest BCUT2D eigenvalue weighted by Crippen LogP contribution is 2.56. The Hall–Kier alpha value is -9.65. The van der Waals surface area contributed by atoms with Gasteiger partial charge in [-0.3, -0.25) is 0 Å². The van der Waals surface area contributed by atoms with Gasteiger partial charge in [0.25, 0.3) is 0 Å². The molecule has 2 aliphatic carbocycles. The van der Waals surface area contributed by atoms with Crippen molar-refractivity contribution in [1.82, 2.24) is 4.57 Å². The summed E-state index contributed by atoms with van der Waals surface area (Å²) in [4.78, 5) is 2.42. The van der Waals surface area contributed by atoms with Gasteiger partial charge in [0.1, 0.15) is 28.1 Å². The molecule has 6 heteroatoms. The Morgan fingerprint density at radius 3 is 1.62 bits per heavy atom. The molecule has 0 aliphatic heterocycles. The number of furan rings is 2. The Kier molecular flexibility index (Phi) is 10.1. The SMILES string of the molecule is CC1(C)c2ccccc2-c2c(N(c3ccc4c(c3)c3ccccc3n4-c3ccc(F)cc3)c3cccc4oc5ccccc5c34)cccc21.CC1(C)c2ccccc2-c2c(Nc3cccc4oc5ccccc5c34)cccc21. The van der Waals surface area contributed by atoms with Gasteiger partial charge in [0.15, 0.2) is 0 Å². The van der Waals surface area contributed by atoms with Gasteiger partial charge in [-0.25, -0.2) is 4.39 Å². The van der Waals surface area contributed by atoms with E-state index in [0.717, 1.165) is 99.8 Å². The van der Waals surface area contributed by atoms with Crippen molar-refractivity contribution >= 4 is 94.1 Å². The number of benzene rings is 11. The number of rotatable bonds is 6. The number of anilines is 5. The standard InChI is InChI=1S/C45H31FN2O.C27H21NO/c1-45(2)35-14-6-3-12-32(35)43-36(45)15-9-17-39(43)48(40-18-10-20-42-44(40)33-13-5-8-19-41(33)49-42)30-25-26-38-34(27-30)31-11-4-7-16-37(31)47(38)29-23-21-28(46)22-24-29;1-27(2)19-11-5-3-9-17(19)25-20(27)12-7-13-21(25)28-22-14-8-16-24-26(22)18-10-4-6-15-23(18)29-24/h3-27H,1-2H3;3-16,28H,1-2H3. The number of aromatic nitrogens is 1. The van der Waals surface area contributed by atoms with E-state index in [0.29, 0.717) is 0 Å². The van der Waals surface area contributed by atoms with E-state index in [-0.39, 0.29) is 16.6 Å². The summed E-state index contributed by atoms with van der Waals surface area (Å²) in [6.07, 6.45) is 0. The Morgan fingerprint density at radius 2 is 0.897 bits per heavy atom. The smallest absolute Gasteiger partial charge is 0.137 e. The van der Waals surface area contributed by atoms with Crippen LogP contribution in [0.5, 0.6) is 0 Å². The molecule has 2 aliphatic rings. The van der Waals surface area contributed by atoms with Crippen molar-refractivity contribution in [3.63, 3.8) is 0 Å². The number of hydrogen-bond donors (Lipinski definition) is 1. The van der Waals surface area contributed by atoms with Crippen LogP contribution in [0, 0.1) is 5.82 Å². The van der Waals surface area contributed by atoms with Gasteiger partial charge in [0.05, 0.1) is 38.9 Å². The summed E-state index contributed by atoms with van der Waals surface area (Å²) in [5, 5.41) is 10.4. The summed E-state index contributed by atoms with van der Waals surface area (Å²) in [5.41, 5.74) is 22.4. The Labute approximate surface area is 451 Å². The number of fused-ring (bicyclic) bond motifs is 15. The maximum absolute atomic E-state index is 14.0. The van der Waals surface area contributed by atoms with Crippen LogP contribution in [0.4, 0.5) is 32.8 Å². The molecule has 374 valence electrons. The van der Waals surface area contributed by atoms with Gasteiger partial charge < -0.3 is 23.6 Å². The molecule has 1 N–H and O–H groups in total. The van der Waals surface area contributed by atoms with Crippen LogP contribution in [0.15, 0.2) is 245 Å². The molecule has 0 unspecified atom stereocenters. The molecule has 0 atom stereocenters. The Bertz CT molecular complexity index is 4740. The molecule has 0 bridgehead atoms. The molecule has 78 heavy (non-hydrogen) atoms. The molecule has 5 nitrogen and oxygen atoms in total. The second-order valence-electron chi connectivity index (χ2n) is 21.8. The highest BCUT2D eigenvalue weighted by molar-refractivity contribution is 6.16. The summed E-state index contributed by atoms with van der Waals surface area (Å²) < 4.78 is 28.7. The molecule has 16 rings (SSSR count). The van der Waals surface area contributed by atoms with E-state index in [4.69, 9.17) is 8.83 Å². The molecule has 0 radical (unpaired) electrons. The first-order chi connectivity index (χ1) is 38.1. The van der Waals surface area contributed by atoms with E-state index in [1.807, 2.05) is 48.5 Å². The van der Waals surface area contributed by atoms with E-state index in [1.54, 1.807) is 0 Å². The second-order valence-corrected chi connectivity index (χ2v) is 21.8. The predicted octanol–water partition coefficient (Wildman–Crippen LogP) is 20.2. The minimum absolute atomic E-state index is 0.00202. The Balaban J connectivity index is 0.000000155. The first-order valence-electron chi connectivity index (χ1n) is 26.8. The van der Waals surface area contributed by atoms with Crippen LogP contribution in [0.25, 0.3) is 93.6 Å². The molecule has 3 aromatic heterocycles. The van der Waals surface area contributed by atoms with E-state index in [2.05, 4.69) is 218 Å². The van der Waals surface area contributed by atoms with E-state index >= 15 is 0 Å². The van der Waals surface area contributed by atoms with Crippen molar-refractivity contribution in [2.75, 3.05) is 10.2 Å². The third-order valence-electron chi connectivity index (χ3n) is 16.7. The minimum atomic E-state index is -0.247. The zero-order valence-electron chi connectivity index (χ0n) is 43.6. The van der Waals surface area contributed by atoms with Gasteiger partial charge in [0.2, 0.25) is 0 Å². The van der Waals surface area contributed by atoms with Crippen LogP contribution in [0.2, 0.25) is 0 Å². The van der Waals surface area contributed by atoms with Crippen molar-refractivity contribution in [3.8, 4) is 27.9 Å². The lowest BCUT2D eigenvalue weighted by atomic mass is 9.82. The fraction of sp³-hybridized carbons (Fsp3) is 0.0833. The first-order valence-corrected chi connectivity index (χ1v) is 26.8. The van der Waals surface area contributed by atoms with Gasteiger partial charge in [-0.1, -0.05) is 167 Å². The Morgan fingerprint density at radius 1 is 0.397 bits per heavy atom. The first kappa shape index (κ1) is 45.7. The van der Waals surface area contributed by atoms with Crippen LogP contribution in [-0.4, -0.2) is 4.57 Å². The number of hydrogen-bond acceptors (Lipinski definition) is 4. The molecular weight excluding hydrogens is 958 g/mol. The average Bonchev–Trinajstić information content (AvgIpc) is 4.44. The molecule has 0 spiro atoms. The maximum Gasteiger partial charge on any atom is 0.137 e. The predicted molar refractivity (Wildman–Crippen MR) is 321 cm³/mol. The van der Waals surface area contributed by atoms with Crippen molar-refractivity contribution in [2.24, 2.45) is 0 Å². The lowest BCUT2D eigenvalue weighted by molar-refractivity contribution is 0.627. The molecule has 14 aromatic rings. The minimum Gasteiger partial charge on any atom is -0.456 e. The lowest BCUT2D eigenvalue weighted by Crippen LogP contribution is -2.16. The van der Waals surface area contributed by atoms with Crippen LogP contribution in [0.1, 0.15) is 49.9 Å².